The van der Waals surface area contributed by atoms with Crippen molar-refractivity contribution in [1.82, 2.24) is 0 Å². The molecule has 0 atom stereocenters. The van der Waals surface area contributed by atoms with Crippen LogP contribution in [-0.4, -0.2) is 24.1 Å². The van der Waals surface area contributed by atoms with Gasteiger partial charge < -0.3 is 42.5 Å². The van der Waals surface area contributed by atoms with Gasteiger partial charge in [-0.15, -0.1) is 0 Å². The van der Waals surface area contributed by atoms with Crippen LogP contribution in [0.4, 0.5) is 64.7 Å². The van der Waals surface area contributed by atoms with E-state index in [1.807, 2.05) is 36.4 Å². The molecule has 0 aliphatic carbocycles. The maximum Gasteiger partial charge on any atom is 0.323 e. The predicted molar refractivity (Wildman–Crippen MR) is 183 cm³/mol. The zero-order chi connectivity index (χ0) is 32.1. The van der Waals surface area contributed by atoms with E-state index >= 15 is 0 Å². The van der Waals surface area contributed by atoms with Crippen molar-refractivity contribution < 1.29 is 19.2 Å². The number of carbonyl (C=O) groups is 4. The molecule has 46 heavy (non-hydrogen) atoms. The molecule has 5 aromatic rings. The molecule has 0 spiro atoms. The van der Waals surface area contributed by atoms with Crippen LogP contribution in [0.15, 0.2) is 133 Å². The van der Waals surface area contributed by atoms with Gasteiger partial charge in [0, 0.05) is 45.5 Å². The number of carbonyl (C=O) groups excluding carboxylic acids is 4. The highest BCUT2D eigenvalue weighted by molar-refractivity contribution is 6.04. The first-order valence-electron chi connectivity index (χ1n) is 14.1. The van der Waals surface area contributed by atoms with Crippen LogP contribution in [0.1, 0.15) is 0 Å². The fraction of sp³-hybridized carbons (Fsp3) is 0. The molecular weight excluding hydrogens is 584 g/mol. The number of benzene rings is 5. The lowest BCUT2D eigenvalue weighted by Gasteiger charge is -2.12. The Bertz CT molecular complexity index is 1700. The van der Waals surface area contributed by atoms with Crippen molar-refractivity contribution in [2.75, 3.05) is 42.5 Å². The number of rotatable bonds is 8. The molecular formula is C34H30N8O4. The molecule has 0 saturated carbocycles. The molecule has 0 bridgehead atoms. The van der Waals surface area contributed by atoms with Crippen molar-refractivity contribution >= 4 is 69.6 Å². The Morgan fingerprint density at radius 1 is 0.261 bits per heavy atom. The van der Waals surface area contributed by atoms with Crippen LogP contribution in [0.3, 0.4) is 0 Å². The van der Waals surface area contributed by atoms with Gasteiger partial charge in [-0.1, -0.05) is 54.6 Å². The van der Waals surface area contributed by atoms with Crippen LogP contribution in [0, 0.1) is 0 Å². The summed E-state index contributed by atoms with van der Waals surface area (Å²) >= 11 is 0. The zero-order valence-corrected chi connectivity index (χ0v) is 24.3. The van der Waals surface area contributed by atoms with Gasteiger partial charge in [-0.3, -0.25) is 0 Å². The van der Waals surface area contributed by atoms with E-state index in [0.717, 1.165) is 0 Å². The summed E-state index contributed by atoms with van der Waals surface area (Å²) < 4.78 is 0. The minimum atomic E-state index is -0.520. The average molecular weight is 615 g/mol. The molecule has 5 aromatic carbocycles. The molecule has 12 heteroatoms. The van der Waals surface area contributed by atoms with Crippen molar-refractivity contribution in [3.8, 4) is 0 Å². The minimum absolute atomic E-state index is 0.420. The molecule has 0 fully saturated rings. The second kappa shape index (κ2) is 15.1. The summed E-state index contributed by atoms with van der Waals surface area (Å²) in [6.45, 7) is 0. The number of amides is 8. The number of nitrogens with one attached hydrogen (secondary N) is 8. The van der Waals surface area contributed by atoms with E-state index in [9.17, 15) is 19.2 Å². The first-order valence-corrected chi connectivity index (χ1v) is 14.1. The third kappa shape index (κ3) is 9.61. The van der Waals surface area contributed by atoms with E-state index in [4.69, 9.17) is 0 Å². The van der Waals surface area contributed by atoms with Crippen LogP contribution in [0.5, 0.6) is 0 Å². The SMILES string of the molecule is O=C(Nc1ccccc1)Nc1cccc(NC(=O)Nc2cccc(NC(=O)Nc3cccc(NC(=O)Nc4ccccc4)c3)c2)c1. The van der Waals surface area contributed by atoms with Gasteiger partial charge >= 0.3 is 24.1 Å². The second-order valence-corrected chi connectivity index (χ2v) is 9.79. The largest absolute Gasteiger partial charge is 0.323 e. The Labute approximate surface area is 264 Å². The van der Waals surface area contributed by atoms with E-state index in [-0.39, 0.29) is 0 Å². The van der Waals surface area contributed by atoms with Crippen LogP contribution in [-0.2, 0) is 0 Å². The van der Waals surface area contributed by atoms with Gasteiger partial charge in [-0.25, -0.2) is 19.2 Å². The molecule has 0 aliphatic rings. The maximum absolute atomic E-state index is 12.7. The Kier molecular flexibility index (Phi) is 10.0. The summed E-state index contributed by atoms with van der Waals surface area (Å²) in [4.78, 5) is 50.0. The molecule has 8 N–H and O–H groups in total. The number of urea groups is 4. The molecule has 0 saturated heterocycles. The molecule has 0 radical (unpaired) electrons. The third-order valence-corrected chi connectivity index (χ3v) is 6.20. The fourth-order valence-corrected chi connectivity index (χ4v) is 4.24. The topological polar surface area (TPSA) is 165 Å². The predicted octanol–water partition coefficient (Wildman–Crippen LogP) is 8.26. The van der Waals surface area contributed by atoms with Gasteiger partial charge in [0.2, 0.25) is 0 Å². The van der Waals surface area contributed by atoms with Gasteiger partial charge in [0.05, 0.1) is 0 Å². The van der Waals surface area contributed by atoms with Crippen molar-refractivity contribution in [2.45, 2.75) is 0 Å². The summed E-state index contributed by atoms with van der Waals surface area (Å²) in [5.41, 5.74) is 4.05. The van der Waals surface area contributed by atoms with E-state index in [1.165, 1.54) is 0 Å². The second-order valence-electron chi connectivity index (χ2n) is 9.79. The van der Waals surface area contributed by atoms with Crippen LogP contribution >= 0.6 is 0 Å². The lowest BCUT2D eigenvalue weighted by Crippen LogP contribution is -2.22. The number of hydrogen-bond acceptors (Lipinski definition) is 4. The van der Waals surface area contributed by atoms with Gasteiger partial charge in [-0.2, -0.15) is 0 Å². The smallest absolute Gasteiger partial charge is 0.308 e. The average Bonchev–Trinajstić information content (AvgIpc) is 3.02. The molecule has 0 unspecified atom stereocenters. The van der Waals surface area contributed by atoms with Gasteiger partial charge in [-0.05, 0) is 78.9 Å². The van der Waals surface area contributed by atoms with Crippen molar-refractivity contribution in [3.05, 3.63) is 133 Å². The summed E-state index contributed by atoms with van der Waals surface area (Å²) in [5.74, 6) is 0. The van der Waals surface area contributed by atoms with Crippen molar-refractivity contribution in [2.24, 2.45) is 0 Å². The quantitative estimate of drug-likeness (QED) is 0.0882. The monoisotopic (exact) mass is 614 g/mol. The molecule has 5 rings (SSSR count). The summed E-state index contributed by atoms with van der Waals surface area (Å²) in [6.07, 6.45) is 0. The molecule has 230 valence electrons. The van der Waals surface area contributed by atoms with E-state index in [2.05, 4.69) is 42.5 Å². The molecule has 0 aliphatic heterocycles. The van der Waals surface area contributed by atoms with Crippen LogP contribution in [0.25, 0.3) is 0 Å². The Hall–Kier alpha value is -6.82. The lowest BCUT2D eigenvalue weighted by atomic mass is 10.2. The van der Waals surface area contributed by atoms with E-state index < -0.39 is 24.1 Å². The Balaban J connectivity index is 1.10. The van der Waals surface area contributed by atoms with Crippen LogP contribution < -0.4 is 42.5 Å². The summed E-state index contributed by atoms with van der Waals surface area (Å²) in [6, 6.07) is 36.2. The minimum Gasteiger partial charge on any atom is -0.308 e. The fourth-order valence-electron chi connectivity index (χ4n) is 4.24. The molecule has 12 nitrogen and oxygen atoms in total. The third-order valence-electron chi connectivity index (χ3n) is 6.20. The van der Waals surface area contributed by atoms with E-state index in [0.29, 0.717) is 45.5 Å². The Morgan fingerprint density at radius 3 is 0.696 bits per heavy atom. The standard InChI is InChI=1S/C34H30N8O4/c43-31(35-23-10-3-1-4-11-23)37-25-14-7-16-27(20-25)39-33(45)41-29-18-9-19-30(22-29)42-34(46)40-28-17-8-15-26(21-28)38-32(44)36-24-12-5-2-6-13-24/h1-22H,(H2,35,37,43)(H2,36,38,44)(H2,39,41,45)(H2,40,42,46). The van der Waals surface area contributed by atoms with Crippen molar-refractivity contribution in [1.29, 1.82) is 0 Å². The van der Waals surface area contributed by atoms with Gasteiger partial charge in [0.1, 0.15) is 0 Å². The molecule has 0 heterocycles. The zero-order valence-electron chi connectivity index (χ0n) is 24.3. The first kappa shape index (κ1) is 30.6. The summed E-state index contributed by atoms with van der Waals surface area (Å²) in [5, 5.41) is 21.8. The molecule has 0 aromatic heterocycles. The number of anilines is 8. The first-order chi connectivity index (χ1) is 22.4. The summed E-state index contributed by atoms with van der Waals surface area (Å²) in [7, 11) is 0. The molecule has 8 amide bonds. The van der Waals surface area contributed by atoms with Crippen molar-refractivity contribution in [3.63, 3.8) is 0 Å². The maximum atomic E-state index is 12.7. The Morgan fingerprint density at radius 2 is 0.457 bits per heavy atom. The highest BCUT2D eigenvalue weighted by atomic mass is 16.2. The highest BCUT2D eigenvalue weighted by Gasteiger charge is 2.09. The normalized spacial score (nSPS) is 10.1. The highest BCUT2D eigenvalue weighted by Crippen LogP contribution is 2.20. The van der Waals surface area contributed by atoms with Gasteiger partial charge in [0.25, 0.3) is 0 Å². The van der Waals surface area contributed by atoms with Crippen LogP contribution in [0.2, 0.25) is 0 Å². The van der Waals surface area contributed by atoms with Gasteiger partial charge in [0.15, 0.2) is 0 Å². The number of para-hydroxylation sites is 2. The number of hydrogen-bond donors (Lipinski definition) is 8. The lowest BCUT2D eigenvalue weighted by molar-refractivity contribution is 0.261. The van der Waals surface area contributed by atoms with E-state index in [1.54, 1.807) is 97.1 Å².